The Kier molecular flexibility index (Phi) is 5.70. The van der Waals surface area contributed by atoms with Gasteiger partial charge in [-0.25, -0.2) is 0 Å². The number of H-pyrrole nitrogens is 1. The largest absolute Gasteiger partial charge is 0.416 e. The molecule has 2 aliphatic heterocycles. The van der Waals surface area contributed by atoms with Crippen molar-refractivity contribution < 1.29 is 18.0 Å². The third-order valence-corrected chi connectivity index (χ3v) is 7.16. The quantitative estimate of drug-likeness (QED) is 0.463. The number of likely N-dealkylation sites (tertiary alicyclic amines) is 1. The highest BCUT2D eigenvalue weighted by molar-refractivity contribution is 8.18. The molecule has 2 aromatic carbocycles. The molecule has 0 saturated carbocycles. The number of nitrogens with zero attached hydrogens (tertiary/aromatic N) is 3. The summed E-state index contributed by atoms with van der Waals surface area (Å²) in [4.78, 5) is 19.6. The molecule has 0 bridgehead atoms. The van der Waals surface area contributed by atoms with Crippen LogP contribution in [0.4, 0.5) is 13.2 Å². The van der Waals surface area contributed by atoms with Gasteiger partial charge in [-0.2, -0.15) is 23.3 Å². The maximum absolute atomic E-state index is 13.8. The summed E-state index contributed by atoms with van der Waals surface area (Å²) >= 11 is 7.10. The van der Waals surface area contributed by atoms with Crippen LogP contribution in [0.3, 0.4) is 0 Å². The van der Waals surface area contributed by atoms with Crippen LogP contribution in [-0.4, -0.2) is 39.3 Å². The molecule has 0 aliphatic carbocycles. The minimum Gasteiger partial charge on any atom is -0.351 e. The van der Waals surface area contributed by atoms with Gasteiger partial charge in [0.15, 0.2) is 5.17 Å². The molecular formula is C23H18ClF3N4OS. The molecule has 0 spiro atoms. The van der Waals surface area contributed by atoms with Crippen molar-refractivity contribution in [1.29, 1.82) is 0 Å². The van der Waals surface area contributed by atoms with Crippen molar-refractivity contribution in [3.63, 3.8) is 0 Å². The molecule has 0 unspecified atom stereocenters. The summed E-state index contributed by atoms with van der Waals surface area (Å²) < 4.78 is 41.3. The van der Waals surface area contributed by atoms with Gasteiger partial charge < -0.3 is 4.90 Å². The molecule has 170 valence electrons. The number of allylic oxidation sites excluding steroid dienone is 1. The van der Waals surface area contributed by atoms with Crippen molar-refractivity contribution in [2.75, 3.05) is 13.1 Å². The van der Waals surface area contributed by atoms with Crippen molar-refractivity contribution >= 4 is 50.9 Å². The fourth-order valence-corrected chi connectivity index (χ4v) is 5.37. The maximum Gasteiger partial charge on any atom is 0.416 e. The van der Waals surface area contributed by atoms with Gasteiger partial charge in [-0.15, -0.1) is 0 Å². The molecule has 1 saturated heterocycles. The van der Waals surface area contributed by atoms with Gasteiger partial charge in [-0.1, -0.05) is 23.7 Å². The smallest absolute Gasteiger partial charge is 0.351 e. The zero-order chi connectivity index (χ0) is 23.2. The summed E-state index contributed by atoms with van der Waals surface area (Å²) in [5.41, 5.74) is 1.18. The minimum absolute atomic E-state index is 0.00562. The Labute approximate surface area is 196 Å². The summed E-state index contributed by atoms with van der Waals surface area (Å²) in [7, 11) is 0. The van der Waals surface area contributed by atoms with Crippen LogP contribution in [-0.2, 0) is 17.4 Å². The van der Waals surface area contributed by atoms with Crippen LogP contribution >= 0.6 is 23.4 Å². The maximum atomic E-state index is 13.8. The predicted octanol–water partition coefficient (Wildman–Crippen LogP) is 5.91. The van der Waals surface area contributed by atoms with Crippen LogP contribution in [0.2, 0.25) is 5.02 Å². The van der Waals surface area contributed by atoms with E-state index in [1.807, 2.05) is 6.07 Å². The number of amidine groups is 1. The summed E-state index contributed by atoms with van der Waals surface area (Å²) in [6.45, 7) is 1.64. The first-order chi connectivity index (χ1) is 15.8. The van der Waals surface area contributed by atoms with Crippen molar-refractivity contribution in [3.8, 4) is 0 Å². The number of hydrogen-bond acceptors (Lipinski definition) is 4. The molecule has 3 heterocycles. The number of nitrogens with one attached hydrogen (secondary N) is 1. The van der Waals surface area contributed by atoms with Crippen molar-refractivity contribution in [2.45, 2.75) is 25.4 Å². The SMILES string of the molecule is O=C1N=C(N2CCCC2)SC1=C(Cc1ccc(Cl)cc1C(F)(F)F)c1ccc2[nH]ncc2c1. The Morgan fingerprint density at radius 1 is 1.15 bits per heavy atom. The number of aromatic nitrogens is 2. The van der Waals surface area contributed by atoms with E-state index >= 15 is 0 Å². The molecule has 0 radical (unpaired) electrons. The number of aromatic amines is 1. The van der Waals surface area contributed by atoms with Gasteiger partial charge in [0.05, 0.1) is 22.2 Å². The number of aliphatic imine (C=N–C) groups is 1. The summed E-state index contributed by atoms with van der Waals surface area (Å²) in [6.07, 6.45) is -0.978. The normalized spacial score (nSPS) is 18.4. The lowest BCUT2D eigenvalue weighted by Crippen LogP contribution is -2.23. The Balaban J connectivity index is 1.62. The van der Waals surface area contributed by atoms with E-state index in [1.165, 1.54) is 23.9 Å². The van der Waals surface area contributed by atoms with Gasteiger partial charge in [0.2, 0.25) is 0 Å². The molecule has 1 fully saturated rings. The minimum atomic E-state index is -4.57. The van der Waals surface area contributed by atoms with Crippen LogP contribution in [0.1, 0.15) is 29.5 Å². The second-order valence-electron chi connectivity index (χ2n) is 7.95. The number of hydrogen-bond donors (Lipinski definition) is 1. The zero-order valence-corrected chi connectivity index (χ0v) is 18.8. The molecule has 33 heavy (non-hydrogen) atoms. The van der Waals surface area contributed by atoms with Crippen LogP contribution < -0.4 is 0 Å². The van der Waals surface area contributed by atoms with E-state index in [4.69, 9.17) is 11.6 Å². The van der Waals surface area contributed by atoms with E-state index in [0.29, 0.717) is 21.2 Å². The number of thioether (sulfide) groups is 1. The lowest BCUT2D eigenvalue weighted by molar-refractivity contribution is -0.138. The van der Waals surface area contributed by atoms with Crippen LogP contribution in [0.15, 0.2) is 52.5 Å². The molecule has 5 rings (SSSR count). The van der Waals surface area contributed by atoms with E-state index in [2.05, 4.69) is 20.1 Å². The Hall–Kier alpha value is -2.78. The van der Waals surface area contributed by atoms with E-state index < -0.39 is 17.6 Å². The molecule has 1 aromatic heterocycles. The predicted molar refractivity (Wildman–Crippen MR) is 124 cm³/mol. The lowest BCUT2D eigenvalue weighted by atomic mass is 9.93. The average molecular weight is 491 g/mol. The Bertz CT molecular complexity index is 1310. The second kappa shape index (κ2) is 8.53. The van der Waals surface area contributed by atoms with E-state index in [9.17, 15) is 18.0 Å². The molecule has 3 aromatic rings. The summed E-state index contributed by atoms with van der Waals surface area (Å²) in [5, 5.41) is 8.29. The molecule has 1 N–H and O–H groups in total. The topological polar surface area (TPSA) is 61.4 Å². The van der Waals surface area contributed by atoms with Gasteiger partial charge in [0.1, 0.15) is 0 Å². The summed E-state index contributed by atoms with van der Waals surface area (Å²) in [5.74, 6) is -0.424. The third kappa shape index (κ3) is 4.39. The number of carbonyl (C=O) groups is 1. The fraction of sp³-hybridized carbons (Fsp3) is 0.261. The lowest BCUT2D eigenvalue weighted by Gasteiger charge is -2.18. The number of halogens is 4. The highest BCUT2D eigenvalue weighted by Gasteiger charge is 2.35. The highest BCUT2D eigenvalue weighted by atomic mass is 35.5. The van der Waals surface area contributed by atoms with Crippen molar-refractivity contribution in [1.82, 2.24) is 15.1 Å². The van der Waals surface area contributed by atoms with E-state index in [-0.39, 0.29) is 17.0 Å². The Morgan fingerprint density at radius 3 is 2.70 bits per heavy atom. The van der Waals surface area contributed by atoms with Crippen molar-refractivity contribution in [2.24, 2.45) is 4.99 Å². The standard InChI is InChI=1S/C23H18ClF3N4OS/c24-16-5-3-14(18(11-16)23(25,26)27)10-17(13-4-6-19-15(9-13)12-28-30-19)20-21(32)29-22(33-20)31-7-1-2-8-31/h3-6,9,11-12H,1-2,7-8,10H2,(H,28,30). The van der Waals surface area contributed by atoms with Crippen molar-refractivity contribution in [3.05, 3.63) is 69.2 Å². The van der Waals surface area contributed by atoms with Crippen LogP contribution in [0.25, 0.3) is 16.5 Å². The van der Waals surface area contributed by atoms with Gasteiger partial charge in [0, 0.05) is 23.5 Å². The summed E-state index contributed by atoms with van der Waals surface area (Å²) in [6, 6.07) is 9.14. The molecular weight excluding hydrogens is 473 g/mol. The highest BCUT2D eigenvalue weighted by Crippen LogP contribution is 2.41. The molecule has 5 nitrogen and oxygen atoms in total. The second-order valence-corrected chi connectivity index (χ2v) is 9.37. The third-order valence-electron chi connectivity index (χ3n) is 5.77. The molecule has 2 aliphatic rings. The fourth-order valence-electron chi connectivity index (χ4n) is 4.13. The Morgan fingerprint density at radius 2 is 1.94 bits per heavy atom. The first-order valence-electron chi connectivity index (χ1n) is 10.4. The van der Waals surface area contributed by atoms with Crippen LogP contribution in [0.5, 0.6) is 0 Å². The number of alkyl halides is 3. The van der Waals surface area contributed by atoms with E-state index in [0.717, 1.165) is 42.9 Å². The number of carbonyl (C=O) groups excluding carboxylic acids is 1. The zero-order valence-electron chi connectivity index (χ0n) is 17.2. The first-order valence-corrected chi connectivity index (χ1v) is 11.6. The molecule has 0 atom stereocenters. The number of fused-ring (bicyclic) bond motifs is 1. The van der Waals surface area contributed by atoms with Crippen LogP contribution in [0, 0.1) is 0 Å². The number of benzene rings is 2. The first kappa shape index (κ1) is 22.0. The molecule has 10 heteroatoms. The number of amides is 1. The average Bonchev–Trinajstić information content (AvgIpc) is 3.52. The molecule has 1 amide bonds. The monoisotopic (exact) mass is 490 g/mol. The van der Waals surface area contributed by atoms with E-state index in [1.54, 1.807) is 18.3 Å². The van der Waals surface area contributed by atoms with Gasteiger partial charge in [0.25, 0.3) is 5.91 Å². The van der Waals surface area contributed by atoms with Gasteiger partial charge >= 0.3 is 6.18 Å². The van der Waals surface area contributed by atoms with Gasteiger partial charge in [-0.05, 0) is 72.0 Å². The van der Waals surface area contributed by atoms with Gasteiger partial charge in [-0.3, -0.25) is 9.89 Å². The number of rotatable bonds is 3.